The summed E-state index contributed by atoms with van der Waals surface area (Å²) in [7, 11) is 0. The molecule has 2 aromatic rings. The summed E-state index contributed by atoms with van der Waals surface area (Å²) in [5, 5.41) is 11.4. The molecule has 0 saturated carbocycles. The van der Waals surface area contributed by atoms with Gasteiger partial charge in [-0.25, -0.2) is 0 Å². The van der Waals surface area contributed by atoms with Crippen molar-refractivity contribution < 1.29 is 5.21 Å². The summed E-state index contributed by atoms with van der Waals surface area (Å²) in [5.41, 5.74) is 2.15. The molecule has 1 heterocycles. The first-order chi connectivity index (χ1) is 7.38. The van der Waals surface area contributed by atoms with Gasteiger partial charge in [-0.2, -0.15) is 0 Å². The summed E-state index contributed by atoms with van der Waals surface area (Å²) in [5.74, 6) is 0. The average molecular weight is 200 g/mol. The molecule has 15 heavy (non-hydrogen) atoms. The first-order valence-electron chi connectivity index (χ1n) is 4.75. The number of benzene rings is 1. The number of hydrogen-bond acceptors (Lipinski definition) is 2. The van der Waals surface area contributed by atoms with Gasteiger partial charge in [0.15, 0.2) is 0 Å². The SMILES string of the molecule is O/N=C/c1ccn(Cc2ccccc2)c1. The van der Waals surface area contributed by atoms with Crippen LogP contribution in [0.2, 0.25) is 0 Å². The maximum absolute atomic E-state index is 8.38. The van der Waals surface area contributed by atoms with Crippen LogP contribution in [0.4, 0.5) is 0 Å². The molecule has 76 valence electrons. The number of rotatable bonds is 3. The molecule has 0 aliphatic rings. The molecule has 3 nitrogen and oxygen atoms in total. The van der Waals surface area contributed by atoms with Crippen LogP contribution in [0.1, 0.15) is 11.1 Å². The lowest BCUT2D eigenvalue weighted by atomic mass is 10.2. The minimum Gasteiger partial charge on any atom is -0.411 e. The smallest absolute Gasteiger partial charge is 0.0749 e. The Morgan fingerprint density at radius 3 is 2.73 bits per heavy atom. The lowest BCUT2D eigenvalue weighted by Crippen LogP contribution is -1.95. The molecule has 0 radical (unpaired) electrons. The van der Waals surface area contributed by atoms with Crippen LogP contribution in [0.5, 0.6) is 0 Å². The van der Waals surface area contributed by atoms with Gasteiger partial charge >= 0.3 is 0 Å². The van der Waals surface area contributed by atoms with Crippen molar-refractivity contribution in [1.82, 2.24) is 4.57 Å². The lowest BCUT2D eigenvalue weighted by molar-refractivity contribution is 0.322. The molecule has 0 saturated heterocycles. The fourth-order valence-electron chi connectivity index (χ4n) is 1.49. The van der Waals surface area contributed by atoms with Gasteiger partial charge in [-0.15, -0.1) is 0 Å². The summed E-state index contributed by atoms with van der Waals surface area (Å²) >= 11 is 0. The Kier molecular flexibility index (Phi) is 2.83. The number of hydrogen-bond donors (Lipinski definition) is 1. The van der Waals surface area contributed by atoms with Crippen LogP contribution in [0.3, 0.4) is 0 Å². The lowest BCUT2D eigenvalue weighted by Gasteiger charge is -2.01. The Morgan fingerprint density at radius 1 is 1.20 bits per heavy atom. The van der Waals surface area contributed by atoms with Gasteiger partial charge < -0.3 is 9.77 Å². The summed E-state index contributed by atoms with van der Waals surface area (Å²) < 4.78 is 2.05. The molecule has 0 aliphatic carbocycles. The van der Waals surface area contributed by atoms with E-state index in [1.807, 2.05) is 41.2 Å². The van der Waals surface area contributed by atoms with E-state index in [2.05, 4.69) is 17.3 Å². The maximum Gasteiger partial charge on any atom is 0.0749 e. The number of nitrogens with zero attached hydrogens (tertiary/aromatic N) is 2. The quantitative estimate of drug-likeness (QED) is 0.461. The van der Waals surface area contributed by atoms with E-state index in [0.717, 1.165) is 12.1 Å². The van der Waals surface area contributed by atoms with Gasteiger partial charge in [-0.05, 0) is 11.6 Å². The fraction of sp³-hybridized carbons (Fsp3) is 0.0833. The van der Waals surface area contributed by atoms with Crippen LogP contribution in [-0.2, 0) is 6.54 Å². The number of aromatic nitrogens is 1. The van der Waals surface area contributed by atoms with Crippen molar-refractivity contribution >= 4 is 6.21 Å². The highest BCUT2D eigenvalue weighted by Crippen LogP contribution is 2.04. The highest BCUT2D eigenvalue weighted by Gasteiger charge is 1.95. The summed E-state index contributed by atoms with van der Waals surface area (Å²) in [4.78, 5) is 0. The minimum atomic E-state index is 0.833. The fourth-order valence-corrected chi connectivity index (χ4v) is 1.49. The third-order valence-electron chi connectivity index (χ3n) is 2.19. The normalized spacial score (nSPS) is 10.9. The Labute approximate surface area is 88.3 Å². The van der Waals surface area contributed by atoms with E-state index in [1.165, 1.54) is 11.8 Å². The van der Waals surface area contributed by atoms with E-state index in [4.69, 9.17) is 5.21 Å². The molecule has 1 aromatic heterocycles. The van der Waals surface area contributed by atoms with Crippen molar-refractivity contribution in [2.24, 2.45) is 5.16 Å². The molecule has 0 amide bonds. The molecule has 0 fully saturated rings. The second-order valence-electron chi connectivity index (χ2n) is 3.35. The van der Waals surface area contributed by atoms with Gasteiger partial charge in [0.1, 0.15) is 0 Å². The maximum atomic E-state index is 8.38. The minimum absolute atomic E-state index is 0.833. The molecule has 3 heteroatoms. The average Bonchev–Trinajstić information content (AvgIpc) is 2.68. The Balaban J connectivity index is 2.11. The van der Waals surface area contributed by atoms with E-state index in [0.29, 0.717) is 0 Å². The molecule has 0 atom stereocenters. The van der Waals surface area contributed by atoms with Gasteiger partial charge in [-0.3, -0.25) is 0 Å². The van der Waals surface area contributed by atoms with Crippen LogP contribution < -0.4 is 0 Å². The van der Waals surface area contributed by atoms with Gasteiger partial charge in [0, 0.05) is 24.5 Å². The summed E-state index contributed by atoms with van der Waals surface area (Å²) in [6.07, 6.45) is 5.32. The zero-order valence-corrected chi connectivity index (χ0v) is 8.24. The van der Waals surface area contributed by atoms with Crippen LogP contribution in [0.25, 0.3) is 0 Å². The molecular formula is C12H12N2O. The predicted molar refractivity (Wildman–Crippen MR) is 59.4 cm³/mol. The van der Waals surface area contributed by atoms with E-state index in [9.17, 15) is 0 Å². The standard InChI is InChI=1S/C12H12N2O/c15-13-8-12-6-7-14(10-12)9-11-4-2-1-3-5-11/h1-8,10,15H,9H2/b13-8+. The van der Waals surface area contributed by atoms with Crippen molar-refractivity contribution in [1.29, 1.82) is 0 Å². The topological polar surface area (TPSA) is 37.5 Å². The number of oxime groups is 1. The van der Waals surface area contributed by atoms with Crippen molar-refractivity contribution in [2.45, 2.75) is 6.54 Å². The first-order valence-corrected chi connectivity index (χ1v) is 4.75. The Hall–Kier alpha value is -2.03. The van der Waals surface area contributed by atoms with Crippen molar-refractivity contribution in [2.75, 3.05) is 0 Å². The third kappa shape index (κ3) is 2.47. The van der Waals surface area contributed by atoms with Crippen LogP contribution in [0.15, 0.2) is 53.9 Å². The molecule has 0 unspecified atom stereocenters. The highest BCUT2D eigenvalue weighted by molar-refractivity contribution is 5.78. The van der Waals surface area contributed by atoms with Crippen LogP contribution >= 0.6 is 0 Å². The first kappa shape index (κ1) is 9.52. The van der Waals surface area contributed by atoms with Crippen LogP contribution in [-0.4, -0.2) is 16.0 Å². The predicted octanol–water partition coefficient (Wildman–Crippen LogP) is 2.34. The van der Waals surface area contributed by atoms with E-state index in [-0.39, 0.29) is 0 Å². The van der Waals surface area contributed by atoms with Gasteiger partial charge in [0.2, 0.25) is 0 Å². The highest BCUT2D eigenvalue weighted by atomic mass is 16.4. The largest absolute Gasteiger partial charge is 0.411 e. The molecule has 0 spiro atoms. The van der Waals surface area contributed by atoms with E-state index in [1.54, 1.807) is 0 Å². The van der Waals surface area contributed by atoms with Crippen molar-refractivity contribution in [3.63, 3.8) is 0 Å². The van der Waals surface area contributed by atoms with E-state index < -0.39 is 0 Å². The molecule has 0 aliphatic heterocycles. The van der Waals surface area contributed by atoms with Gasteiger partial charge in [0.05, 0.1) is 6.21 Å². The summed E-state index contributed by atoms with van der Waals surface area (Å²) in [6.45, 7) is 0.833. The van der Waals surface area contributed by atoms with Crippen LogP contribution in [0, 0.1) is 0 Å². The molecular weight excluding hydrogens is 188 g/mol. The molecule has 2 rings (SSSR count). The molecule has 1 N–H and O–H groups in total. The van der Waals surface area contributed by atoms with E-state index >= 15 is 0 Å². The third-order valence-corrected chi connectivity index (χ3v) is 2.19. The zero-order valence-electron chi connectivity index (χ0n) is 8.24. The van der Waals surface area contributed by atoms with Crippen molar-refractivity contribution in [3.05, 3.63) is 59.9 Å². The zero-order chi connectivity index (χ0) is 10.5. The van der Waals surface area contributed by atoms with Gasteiger partial charge in [-0.1, -0.05) is 35.5 Å². The monoisotopic (exact) mass is 200 g/mol. The van der Waals surface area contributed by atoms with Crippen molar-refractivity contribution in [3.8, 4) is 0 Å². The Bertz CT molecular complexity index is 446. The van der Waals surface area contributed by atoms with Gasteiger partial charge in [0.25, 0.3) is 0 Å². The summed E-state index contributed by atoms with van der Waals surface area (Å²) in [6, 6.07) is 12.1. The Morgan fingerprint density at radius 2 is 2.00 bits per heavy atom. The second kappa shape index (κ2) is 4.46. The molecule has 1 aromatic carbocycles. The second-order valence-corrected chi connectivity index (χ2v) is 3.35. The molecule has 0 bridgehead atoms.